The highest BCUT2D eigenvalue weighted by atomic mass is 16.5. The summed E-state index contributed by atoms with van der Waals surface area (Å²) in [4.78, 5) is 10.8. The Morgan fingerprint density at radius 1 is 0.885 bits per heavy atom. The van der Waals surface area contributed by atoms with Crippen LogP contribution in [0.4, 0.5) is 0 Å². The molecule has 0 amide bonds. The highest BCUT2D eigenvalue weighted by molar-refractivity contribution is 5.70. The molecule has 0 atom stereocenters. The van der Waals surface area contributed by atoms with Crippen LogP contribution in [0.3, 0.4) is 0 Å². The topological polar surface area (TPSA) is 46.5 Å². The summed E-state index contributed by atoms with van der Waals surface area (Å²) in [5.41, 5.74) is 4.51. The summed E-state index contributed by atoms with van der Waals surface area (Å²) in [5, 5.41) is 9.35. The van der Waals surface area contributed by atoms with Crippen LogP contribution in [-0.4, -0.2) is 11.1 Å². The van der Waals surface area contributed by atoms with Gasteiger partial charge < -0.3 is 9.84 Å². The van der Waals surface area contributed by atoms with Gasteiger partial charge in [0.05, 0.1) is 0 Å². The maximum absolute atomic E-state index is 10.8. The zero-order valence-corrected chi connectivity index (χ0v) is 16.4. The summed E-state index contributed by atoms with van der Waals surface area (Å²) >= 11 is 0. The zero-order chi connectivity index (χ0) is 19.1. The molecule has 26 heavy (non-hydrogen) atoms. The number of aromatic hydroxyl groups is 1. The largest absolute Gasteiger partial charge is 0.508 e. The molecule has 2 aromatic carbocycles. The second-order valence-electron chi connectivity index (χ2n) is 6.86. The van der Waals surface area contributed by atoms with Gasteiger partial charge in [-0.15, -0.1) is 0 Å². The quantitative estimate of drug-likeness (QED) is 0.503. The van der Waals surface area contributed by atoms with Crippen LogP contribution in [0.2, 0.25) is 0 Å². The van der Waals surface area contributed by atoms with E-state index in [0.29, 0.717) is 23.3 Å². The van der Waals surface area contributed by atoms with Crippen LogP contribution in [0.15, 0.2) is 36.4 Å². The molecule has 0 aliphatic carbocycles. The number of benzene rings is 2. The second-order valence-corrected chi connectivity index (χ2v) is 6.86. The summed E-state index contributed by atoms with van der Waals surface area (Å²) in [6.07, 6.45) is 0. The van der Waals surface area contributed by atoms with Gasteiger partial charge in [-0.25, -0.2) is 0 Å². The van der Waals surface area contributed by atoms with E-state index >= 15 is 0 Å². The molecule has 144 valence electrons. The Labute approximate surface area is 159 Å². The number of hydrogen-bond acceptors (Lipinski definition) is 3. The number of carbonyl (C=O) groups is 1. The third-order valence-electron chi connectivity index (χ3n) is 4.17. The summed E-state index contributed by atoms with van der Waals surface area (Å²) < 4.78 is 5.10. The Balaban J connectivity index is 0.000000475. The van der Waals surface area contributed by atoms with Crippen molar-refractivity contribution in [3.63, 3.8) is 0 Å². The number of esters is 1. The zero-order valence-electron chi connectivity index (χ0n) is 16.4. The summed E-state index contributed by atoms with van der Waals surface area (Å²) in [6.45, 7) is 13.9. The van der Waals surface area contributed by atoms with Crippen molar-refractivity contribution in [2.45, 2.75) is 67.7 Å². The van der Waals surface area contributed by atoms with Gasteiger partial charge in [-0.2, -0.15) is 0 Å². The number of phenols is 1. The Morgan fingerprint density at radius 3 is 1.77 bits per heavy atom. The second kappa shape index (κ2) is 10.6. The average molecular weight is 359 g/mol. The van der Waals surface area contributed by atoms with E-state index in [0.717, 1.165) is 11.1 Å². The maximum Gasteiger partial charge on any atom is 0.308 e. The van der Waals surface area contributed by atoms with Gasteiger partial charge in [0.1, 0.15) is 11.5 Å². The monoisotopic (exact) mass is 358 g/mol. The summed E-state index contributed by atoms with van der Waals surface area (Å²) in [6, 6.07) is 11.5. The molecule has 2 aromatic rings. The van der Waals surface area contributed by atoms with Gasteiger partial charge in [-0.05, 0) is 60.1 Å². The highest BCUT2D eigenvalue weighted by Gasteiger charge is 2.09. The number of hydrogen-bond donors (Lipinski definition) is 1. The van der Waals surface area contributed by atoms with Crippen LogP contribution >= 0.6 is 0 Å². The molecule has 3 nitrogen and oxygen atoms in total. The Kier molecular flexibility index (Phi) is 9.71. The van der Waals surface area contributed by atoms with E-state index in [1.54, 1.807) is 6.07 Å². The molecule has 0 heterocycles. The lowest BCUT2D eigenvalue weighted by atomic mass is 9.97. The van der Waals surface area contributed by atoms with E-state index in [9.17, 15) is 9.90 Å². The molecule has 0 unspecified atom stereocenters. The van der Waals surface area contributed by atoms with Gasteiger partial charge in [0, 0.05) is 6.92 Å². The number of phenolic OH excluding ortho intramolecular Hbond substituents is 1. The van der Waals surface area contributed by atoms with Gasteiger partial charge in [0.15, 0.2) is 0 Å². The number of ether oxygens (including phenoxy) is 1. The van der Waals surface area contributed by atoms with Crippen LogP contribution in [0.1, 0.15) is 76.1 Å². The van der Waals surface area contributed by atoms with Crippen molar-refractivity contribution in [3.8, 4) is 11.5 Å². The van der Waals surface area contributed by atoms with E-state index < -0.39 is 0 Å². The lowest BCUT2D eigenvalue weighted by molar-refractivity contribution is -0.131. The third-order valence-corrected chi connectivity index (χ3v) is 4.17. The lowest BCUT2D eigenvalue weighted by Crippen LogP contribution is -2.04. The molecule has 1 N–H and O–H groups in total. The fourth-order valence-corrected chi connectivity index (χ4v) is 2.79. The predicted octanol–water partition coefficient (Wildman–Crippen LogP) is 6.50. The minimum absolute atomic E-state index is 0. The number of rotatable bonds is 3. The first-order chi connectivity index (χ1) is 11.6. The third kappa shape index (κ3) is 6.55. The van der Waals surface area contributed by atoms with Crippen molar-refractivity contribution < 1.29 is 14.6 Å². The van der Waals surface area contributed by atoms with Gasteiger partial charge in [0.25, 0.3) is 0 Å². The first-order valence-corrected chi connectivity index (χ1v) is 8.71. The molecule has 0 saturated heterocycles. The van der Waals surface area contributed by atoms with Gasteiger partial charge >= 0.3 is 5.97 Å². The minimum atomic E-state index is -0.269. The SMILES string of the molecule is C.CC(=O)Oc1cccc(C(C)C)c1C.Cc1c(O)cccc1C(C)C. The maximum atomic E-state index is 10.8. The molecule has 0 fully saturated rings. The van der Waals surface area contributed by atoms with E-state index in [-0.39, 0.29) is 13.4 Å². The molecular formula is C23H34O3. The number of carbonyl (C=O) groups excluding carboxylic acids is 1. The average Bonchev–Trinajstić information content (AvgIpc) is 2.51. The molecule has 0 aromatic heterocycles. The lowest BCUT2D eigenvalue weighted by Gasteiger charge is -2.12. The molecule has 0 spiro atoms. The van der Waals surface area contributed by atoms with Crippen molar-refractivity contribution in [2.75, 3.05) is 0 Å². The van der Waals surface area contributed by atoms with E-state index in [1.807, 2.05) is 32.0 Å². The van der Waals surface area contributed by atoms with Crippen LogP contribution in [-0.2, 0) is 4.79 Å². The van der Waals surface area contributed by atoms with Crippen molar-refractivity contribution in [2.24, 2.45) is 0 Å². The van der Waals surface area contributed by atoms with Gasteiger partial charge in [-0.3, -0.25) is 4.79 Å². The van der Waals surface area contributed by atoms with Gasteiger partial charge in [-0.1, -0.05) is 59.4 Å². The molecular weight excluding hydrogens is 324 g/mol. The normalized spacial score (nSPS) is 10.0. The van der Waals surface area contributed by atoms with Crippen molar-refractivity contribution in [1.29, 1.82) is 0 Å². The summed E-state index contributed by atoms with van der Waals surface area (Å²) in [5.74, 6) is 1.74. The predicted molar refractivity (Wildman–Crippen MR) is 110 cm³/mol. The standard InChI is InChI=1S/C12H16O2.C10H14O.CH4/c1-8(2)11-6-5-7-12(9(11)3)14-10(4)13;1-7(2)9-5-4-6-10(11)8(9)3;/h5-8H,1-4H3;4-7,11H,1-3H3;1H4. The van der Waals surface area contributed by atoms with E-state index in [2.05, 4.69) is 39.8 Å². The van der Waals surface area contributed by atoms with Crippen LogP contribution in [0, 0.1) is 13.8 Å². The van der Waals surface area contributed by atoms with Gasteiger partial charge in [0.2, 0.25) is 0 Å². The molecule has 2 rings (SSSR count). The van der Waals surface area contributed by atoms with Crippen molar-refractivity contribution >= 4 is 5.97 Å². The molecule has 0 radical (unpaired) electrons. The van der Waals surface area contributed by atoms with Crippen LogP contribution in [0.25, 0.3) is 0 Å². The first kappa shape index (κ1) is 23.7. The van der Waals surface area contributed by atoms with Crippen LogP contribution in [0.5, 0.6) is 11.5 Å². The summed E-state index contributed by atoms with van der Waals surface area (Å²) in [7, 11) is 0. The highest BCUT2D eigenvalue weighted by Crippen LogP contribution is 2.27. The first-order valence-electron chi connectivity index (χ1n) is 8.71. The Bertz CT molecular complexity index is 715. The Morgan fingerprint density at radius 2 is 1.35 bits per heavy atom. The molecule has 0 saturated carbocycles. The molecule has 0 bridgehead atoms. The van der Waals surface area contributed by atoms with E-state index in [4.69, 9.17) is 4.74 Å². The van der Waals surface area contributed by atoms with E-state index in [1.165, 1.54) is 18.1 Å². The molecule has 3 heteroatoms. The van der Waals surface area contributed by atoms with Crippen molar-refractivity contribution in [3.05, 3.63) is 58.7 Å². The molecule has 0 aliphatic rings. The smallest absolute Gasteiger partial charge is 0.308 e. The fourth-order valence-electron chi connectivity index (χ4n) is 2.79. The fraction of sp³-hybridized carbons (Fsp3) is 0.435. The van der Waals surface area contributed by atoms with Crippen molar-refractivity contribution in [1.82, 2.24) is 0 Å². The Hall–Kier alpha value is -2.29. The van der Waals surface area contributed by atoms with Crippen LogP contribution < -0.4 is 4.74 Å². The molecule has 0 aliphatic heterocycles. The minimum Gasteiger partial charge on any atom is -0.508 e.